The molecule has 0 aromatic carbocycles. The minimum atomic E-state index is 0.165. The van der Waals surface area contributed by atoms with Gasteiger partial charge in [-0.25, -0.2) is 0 Å². The summed E-state index contributed by atoms with van der Waals surface area (Å²) in [6.07, 6.45) is 11.3. The van der Waals surface area contributed by atoms with Crippen molar-refractivity contribution in [2.45, 2.75) is 58.7 Å². The first-order valence-corrected chi connectivity index (χ1v) is 6.52. The van der Waals surface area contributed by atoms with Gasteiger partial charge in [-0.05, 0) is 51.9 Å². The molecule has 1 saturated heterocycles. The summed E-state index contributed by atoms with van der Waals surface area (Å²) in [5.74, 6) is 1.52. The fourth-order valence-corrected chi connectivity index (χ4v) is 2.53. The van der Waals surface area contributed by atoms with Crippen LogP contribution in [0, 0.1) is 11.8 Å². The minimum Gasteiger partial charge on any atom is -0.367 e. The topological polar surface area (TPSA) is 12.5 Å². The van der Waals surface area contributed by atoms with E-state index in [0.29, 0.717) is 6.10 Å². The first-order valence-electron chi connectivity index (χ1n) is 6.52. The first-order chi connectivity index (χ1) is 7.49. The van der Waals surface area contributed by atoms with Gasteiger partial charge in [0, 0.05) is 0 Å². The molecular weight excluding hydrogens is 196 g/mol. The lowest BCUT2D eigenvalue weighted by molar-refractivity contribution is 0.306. The summed E-state index contributed by atoms with van der Waals surface area (Å²) in [5, 5.41) is 0. The second kappa shape index (κ2) is 4.37. The summed E-state index contributed by atoms with van der Waals surface area (Å²) >= 11 is 0. The molecule has 90 valence electrons. The summed E-state index contributed by atoms with van der Waals surface area (Å²) in [7, 11) is 0. The van der Waals surface area contributed by atoms with Crippen LogP contribution in [0.3, 0.4) is 0 Å². The zero-order valence-electron chi connectivity index (χ0n) is 11.0. The highest BCUT2D eigenvalue weighted by atomic mass is 16.6. The molecule has 0 aromatic rings. The smallest absolute Gasteiger partial charge is 0.0892 e. The standard InChI is InChI=1S/C15H24O/c1-11-5-8-13(9-6-11)12(2)7-10-14-15(3,4)16-14/h5-6,8,12-14H,7,9-10H2,1-4H3/t12-,13?,14?/m0/s1. The van der Waals surface area contributed by atoms with Crippen LogP contribution in [0.4, 0.5) is 0 Å². The van der Waals surface area contributed by atoms with Crippen molar-refractivity contribution >= 4 is 0 Å². The van der Waals surface area contributed by atoms with Gasteiger partial charge in [-0.2, -0.15) is 0 Å². The molecule has 0 bridgehead atoms. The van der Waals surface area contributed by atoms with Gasteiger partial charge in [0.1, 0.15) is 0 Å². The predicted molar refractivity (Wildman–Crippen MR) is 68.4 cm³/mol. The van der Waals surface area contributed by atoms with Gasteiger partial charge in [-0.3, -0.25) is 0 Å². The molecule has 0 N–H and O–H groups in total. The van der Waals surface area contributed by atoms with Crippen LogP contribution >= 0.6 is 0 Å². The molecular formula is C15H24O. The van der Waals surface area contributed by atoms with Crippen molar-refractivity contribution < 1.29 is 4.74 Å². The third-order valence-corrected chi connectivity index (χ3v) is 4.10. The maximum atomic E-state index is 5.63. The molecule has 1 heteroatoms. The molecule has 2 unspecified atom stereocenters. The zero-order chi connectivity index (χ0) is 11.8. The number of allylic oxidation sites excluding steroid dienone is 4. The van der Waals surface area contributed by atoms with Gasteiger partial charge in [-0.1, -0.05) is 30.7 Å². The van der Waals surface area contributed by atoms with Crippen molar-refractivity contribution in [2.24, 2.45) is 11.8 Å². The third kappa shape index (κ3) is 2.76. The minimum absolute atomic E-state index is 0.165. The van der Waals surface area contributed by atoms with Gasteiger partial charge in [0.25, 0.3) is 0 Å². The molecule has 2 rings (SSSR count). The fraction of sp³-hybridized carbons (Fsp3) is 0.733. The summed E-state index contributed by atoms with van der Waals surface area (Å²) < 4.78 is 5.63. The van der Waals surface area contributed by atoms with Gasteiger partial charge in [0.05, 0.1) is 11.7 Å². The molecule has 1 fully saturated rings. The van der Waals surface area contributed by atoms with E-state index < -0.39 is 0 Å². The SMILES string of the molecule is CC1=CCC([C@@H](C)CCC2OC2(C)C)C=C1. The molecule has 1 heterocycles. The summed E-state index contributed by atoms with van der Waals surface area (Å²) in [6.45, 7) is 8.93. The normalized spacial score (nSPS) is 33.4. The molecule has 1 aliphatic heterocycles. The van der Waals surface area contributed by atoms with Crippen molar-refractivity contribution in [3.05, 3.63) is 23.8 Å². The van der Waals surface area contributed by atoms with E-state index in [9.17, 15) is 0 Å². The van der Waals surface area contributed by atoms with E-state index in [-0.39, 0.29) is 5.60 Å². The highest BCUT2D eigenvalue weighted by molar-refractivity contribution is 5.21. The highest BCUT2D eigenvalue weighted by Gasteiger charge is 2.47. The van der Waals surface area contributed by atoms with E-state index in [1.165, 1.54) is 24.8 Å². The molecule has 0 saturated carbocycles. The molecule has 0 aromatic heterocycles. The Bertz CT molecular complexity index is 311. The van der Waals surface area contributed by atoms with Crippen LogP contribution in [0.15, 0.2) is 23.8 Å². The van der Waals surface area contributed by atoms with Crippen molar-refractivity contribution in [3.8, 4) is 0 Å². The van der Waals surface area contributed by atoms with Crippen LogP contribution < -0.4 is 0 Å². The predicted octanol–water partition coefficient (Wildman–Crippen LogP) is 4.10. The van der Waals surface area contributed by atoms with Crippen molar-refractivity contribution in [1.29, 1.82) is 0 Å². The van der Waals surface area contributed by atoms with E-state index in [1.54, 1.807) is 0 Å². The largest absolute Gasteiger partial charge is 0.367 e. The molecule has 0 radical (unpaired) electrons. The quantitative estimate of drug-likeness (QED) is 0.650. The Morgan fingerprint density at radius 3 is 2.69 bits per heavy atom. The van der Waals surface area contributed by atoms with Crippen molar-refractivity contribution in [1.82, 2.24) is 0 Å². The molecule has 1 aliphatic carbocycles. The average molecular weight is 220 g/mol. The molecule has 3 atom stereocenters. The van der Waals surface area contributed by atoms with Gasteiger partial charge in [-0.15, -0.1) is 0 Å². The molecule has 0 amide bonds. The van der Waals surface area contributed by atoms with E-state index in [2.05, 4.69) is 45.9 Å². The number of rotatable bonds is 4. The number of ether oxygens (including phenoxy) is 1. The van der Waals surface area contributed by atoms with E-state index in [0.717, 1.165) is 11.8 Å². The van der Waals surface area contributed by atoms with Crippen LogP contribution in [0.5, 0.6) is 0 Å². The third-order valence-electron chi connectivity index (χ3n) is 4.10. The molecule has 2 aliphatic rings. The average Bonchev–Trinajstić information content (AvgIpc) is 2.84. The van der Waals surface area contributed by atoms with Gasteiger partial charge < -0.3 is 4.74 Å². The Kier molecular flexibility index (Phi) is 3.25. The molecule has 16 heavy (non-hydrogen) atoms. The van der Waals surface area contributed by atoms with Crippen molar-refractivity contribution in [2.75, 3.05) is 0 Å². The van der Waals surface area contributed by atoms with Crippen molar-refractivity contribution in [3.63, 3.8) is 0 Å². The van der Waals surface area contributed by atoms with Crippen LogP contribution in [-0.2, 0) is 4.74 Å². The molecule has 1 nitrogen and oxygen atoms in total. The Morgan fingerprint density at radius 2 is 2.19 bits per heavy atom. The van der Waals surface area contributed by atoms with Crippen LogP contribution in [-0.4, -0.2) is 11.7 Å². The van der Waals surface area contributed by atoms with Gasteiger partial charge in [0.2, 0.25) is 0 Å². The first kappa shape index (κ1) is 11.9. The maximum absolute atomic E-state index is 5.63. The Balaban J connectivity index is 1.73. The van der Waals surface area contributed by atoms with Crippen LogP contribution in [0.2, 0.25) is 0 Å². The number of hydrogen-bond donors (Lipinski definition) is 0. The summed E-state index contributed by atoms with van der Waals surface area (Å²) in [4.78, 5) is 0. The zero-order valence-corrected chi connectivity index (χ0v) is 11.0. The summed E-state index contributed by atoms with van der Waals surface area (Å²) in [5.41, 5.74) is 1.58. The second-order valence-electron chi connectivity index (χ2n) is 5.97. The fourth-order valence-electron chi connectivity index (χ4n) is 2.53. The van der Waals surface area contributed by atoms with Crippen LogP contribution in [0.25, 0.3) is 0 Å². The maximum Gasteiger partial charge on any atom is 0.0892 e. The van der Waals surface area contributed by atoms with E-state index in [4.69, 9.17) is 4.74 Å². The van der Waals surface area contributed by atoms with Gasteiger partial charge >= 0.3 is 0 Å². The monoisotopic (exact) mass is 220 g/mol. The number of hydrogen-bond acceptors (Lipinski definition) is 1. The Morgan fingerprint density at radius 1 is 1.50 bits per heavy atom. The van der Waals surface area contributed by atoms with Crippen LogP contribution in [0.1, 0.15) is 47.0 Å². The summed E-state index contributed by atoms with van der Waals surface area (Å²) in [6, 6.07) is 0. The Labute approximate surface area is 99.6 Å². The van der Waals surface area contributed by atoms with E-state index >= 15 is 0 Å². The lowest BCUT2D eigenvalue weighted by Gasteiger charge is -2.22. The molecule has 0 spiro atoms. The lowest BCUT2D eigenvalue weighted by atomic mass is 9.83. The van der Waals surface area contributed by atoms with Gasteiger partial charge in [0.15, 0.2) is 0 Å². The van der Waals surface area contributed by atoms with E-state index in [1.807, 2.05) is 0 Å². The number of epoxide rings is 1. The second-order valence-corrected chi connectivity index (χ2v) is 5.97. The highest BCUT2D eigenvalue weighted by Crippen LogP contribution is 2.40. The Hall–Kier alpha value is -0.560. The lowest BCUT2D eigenvalue weighted by Crippen LogP contribution is -2.13.